The molecule has 2 atom stereocenters. The lowest BCUT2D eigenvalue weighted by atomic mass is 10.1. The van der Waals surface area contributed by atoms with Crippen molar-refractivity contribution in [2.45, 2.75) is 38.4 Å². The number of rotatable bonds is 0. The molecule has 0 aromatic heterocycles. The number of cyclic esters (lactones) is 1. The predicted octanol–water partition coefficient (Wildman–Crippen LogP) is 1.14. The maximum Gasteiger partial charge on any atom is 0.309 e. The maximum absolute atomic E-state index is 11.3. The van der Waals surface area contributed by atoms with Gasteiger partial charge in [0, 0.05) is 12.8 Å². The summed E-state index contributed by atoms with van der Waals surface area (Å²) in [5, 5.41) is 9.42. The van der Waals surface area contributed by atoms with Gasteiger partial charge in [-0.05, 0) is 13.0 Å². The lowest BCUT2D eigenvalue weighted by molar-refractivity contribution is -0.149. The largest absolute Gasteiger partial charge is 0.462 e. The van der Waals surface area contributed by atoms with Gasteiger partial charge in [-0.25, -0.2) is 0 Å². The molecule has 4 heteroatoms. The fourth-order valence-electron chi connectivity index (χ4n) is 1.36. The van der Waals surface area contributed by atoms with Crippen LogP contribution in [-0.2, 0) is 14.3 Å². The van der Waals surface area contributed by atoms with E-state index in [1.807, 2.05) is 0 Å². The minimum atomic E-state index is -0.879. The van der Waals surface area contributed by atoms with Crippen molar-refractivity contribution in [1.29, 1.82) is 0 Å². The summed E-state index contributed by atoms with van der Waals surface area (Å²) in [6.07, 6.45) is 5.72. The lowest BCUT2D eigenvalue weighted by Gasteiger charge is -2.12. The summed E-state index contributed by atoms with van der Waals surface area (Å²) in [4.78, 5) is 22.5. The van der Waals surface area contributed by atoms with Crippen molar-refractivity contribution in [3.63, 3.8) is 0 Å². The quantitative estimate of drug-likeness (QED) is 0.495. The number of aliphatic hydroxyl groups is 1. The molecule has 0 aromatic rings. The Balaban J connectivity index is 2.67. The third-order valence-electron chi connectivity index (χ3n) is 2.16. The van der Waals surface area contributed by atoms with Crippen LogP contribution in [0.1, 0.15) is 26.2 Å². The summed E-state index contributed by atoms with van der Waals surface area (Å²) in [6.45, 7) is 1.75. The highest BCUT2D eigenvalue weighted by atomic mass is 16.5. The number of ketones is 1. The van der Waals surface area contributed by atoms with Crippen molar-refractivity contribution >= 4 is 11.8 Å². The van der Waals surface area contributed by atoms with Gasteiger partial charge in [-0.1, -0.05) is 18.2 Å². The molecule has 4 nitrogen and oxygen atoms in total. The van der Waals surface area contributed by atoms with E-state index in [1.54, 1.807) is 19.1 Å². The zero-order valence-electron chi connectivity index (χ0n) is 9.26. The van der Waals surface area contributed by atoms with Crippen molar-refractivity contribution in [3.8, 4) is 0 Å². The second-order valence-electron chi connectivity index (χ2n) is 3.81. The summed E-state index contributed by atoms with van der Waals surface area (Å²) >= 11 is 0. The standard InChI is InChI=1S/C12H16O4/c1-9-4-2-5-10(13)6-3-7-11(14)8-12(15)16-9/h2-3,5,7,9,11,14H,4,6,8H2,1H3/b5-2+,7-3+/t9-,11-/m1/s1. The van der Waals surface area contributed by atoms with Gasteiger partial charge in [0.1, 0.15) is 6.10 Å². The SMILES string of the molecule is C[C@@H]1C/C=C/C(=O)C/C=C/[C@@H](O)CC(=O)O1. The smallest absolute Gasteiger partial charge is 0.309 e. The van der Waals surface area contributed by atoms with Gasteiger partial charge < -0.3 is 9.84 Å². The molecule has 0 aromatic carbocycles. The highest BCUT2D eigenvalue weighted by Gasteiger charge is 2.13. The Labute approximate surface area is 94.6 Å². The Bertz CT molecular complexity index is 317. The van der Waals surface area contributed by atoms with Gasteiger partial charge >= 0.3 is 5.97 Å². The number of carbonyl (C=O) groups excluding carboxylic acids is 2. The maximum atomic E-state index is 11.3. The minimum Gasteiger partial charge on any atom is -0.462 e. The number of carbonyl (C=O) groups is 2. The van der Waals surface area contributed by atoms with Crippen LogP contribution >= 0.6 is 0 Å². The number of esters is 1. The molecular weight excluding hydrogens is 208 g/mol. The van der Waals surface area contributed by atoms with E-state index in [9.17, 15) is 14.7 Å². The van der Waals surface area contributed by atoms with Crippen LogP contribution < -0.4 is 0 Å². The zero-order valence-corrected chi connectivity index (χ0v) is 9.26. The van der Waals surface area contributed by atoms with Crippen LogP contribution in [0.15, 0.2) is 24.3 Å². The normalized spacial score (nSPS) is 32.1. The minimum absolute atomic E-state index is 0.0254. The molecule has 1 aliphatic rings. The molecule has 0 saturated carbocycles. The van der Waals surface area contributed by atoms with E-state index >= 15 is 0 Å². The number of ether oxygens (including phenoxy) is 1. The molecule has 1 N–H and O–H groups in total. The Hall–Kier alpha value is -1.42. The molecule has 88 valence electrons. The number of aliphatic hydroxyl groups excluding tert-OH is 1. The number of allylic oxidation sites excluding steroid dienone is 2. The zero-order chi connectivity index (χ0) is 12.0. The van der Waals surface area contributed by atoms with Gasteiger partial charge in [-0.2, -0.15) is 0 Å². The van der Waals surface area contributed by atoms with Crippen molar-refractivity contribution < 1.29 is 19.4 Å². The first-order valence-electron chi connectivity index (χ1n) is 5.31. The second kappa shape index (κ2) is 6.23. The third kappa shape index (κ3) is 4.89. The highest BCUT2D eigenvalue weighted by molar-refractivity contribution is 5.90. The van der Waals surface area contributed by atoms with E-state index in [0.29, 0.717) is 6.42 Å². The fourth-order valence-corrected chi connectivity index (χ4v) is 1.36. The van der Waals surface area contributed by atoms with E-state index < -0.39 is 12.1 Å². The van der Waals surface area contributed by atoms with Gasteiger partial charge in [0.15, 0.2) is 5.78 Å². The molecule has 16 heavy (non-hydrogen) atoms. The summed E-state index contributed by atoms with van der Waals surface area (Å²) in [6, 6.07) is 0. The molecule has 0 fully saturated rings. The van der Waals surface area contributed by atoms with Crippen molar-refractivity contribution in [2.75, 3.05) is 0 Å². The van der Waals surface area contributed by atoms with E-state index in [2.05, 4.69) is 0 Å². The average molecular weight is 224 g/mol. The summed E-state index contributed by atoms with van der Waals surface area (Å²) in [5.41, 5.74) is 0. The molecule has 0 spiro atoms. The summed E-state index contributed by atoms with van der Waals surface area (Å²) < 4.78 is 5.03. The predicted molar refractivity (Wildman–Crippen MR) is 58.7 cm³/mol. The van der Waals surface area contributed by atoms with Crippen molar-refractivity contribution in [3.05, 3.63) is 24.3 Å². The molecular formula is C12H16O4. The average Bonchev–Trinajstić information content (AvgIpc) is 2.15. The van der Waals surface area contributed by atoms with Crippen LogP contribution in [0, 0.1) is 0 Å². The first kappa shape index (κ1) is 12.6. The van der Waals surface area contributed by atoms with E-state index in [0.717, 1.165) is 0 Å². The Morgan fingerprint density at radius 3 is 2.88 bits per heavy atom. The Morgan fingerprint density at radius 2 is 2.12 bits per heavy atom. The van der Waals surface area contributed by atoms with Crippen LogP contribution in [0.3, 0.4) is 0 Å². The molecule has 1 heterocycles. The highest BCUT2D eigenvalue weighted by Crippen LogP contribution is 2.06. The van der Waals surface area contributed by atoms with E-state index in [1.165, 1.54) is 12.2 Å². The van der Waals surface area contributed by atoms with Crippen molar-refractivity contribution in [1.82, 2.24) is 0 Å². The van der Waals surface area contributed by atoms with Crippen LogP contribution in [0.4, 0.5) is 0 Å². The van der Waals surface area contributed by atoms with Crippen LogP contribution in [0.2, 0.25) is 0 Å². The number of hydrogen-bond donors (Lipinski definition) is 1. The monoisotopic (exact) mass is 224 g/mol. The molecule has 0 aliphatic carbocycles. The van der Waals surface area contributed by atoms with Crippen LogP contribution in [0.5, 0.6) is 0 Å². The Kier molecular flexibility index (Phi) is 4.92. The van der Waals surface area contributed by atoms with Gasteiger partial charge in [0.05, 0.1) is 12.5 Å². The molecule has 1 rings (SSSR count). The first-order chi connectivity index (χ1) is 7.58. The van der Waals surface area contributed by atoms with Crippen LogP contribution in [0.25, 0.3) is 0 Å². The Morgan fingerprint density at radius 1 is 1.38 bits per heavy atom. The first-order valence-corrected chi connectivity index (χ1v) is 5.31. The number of hydrogen-bond acceptors (Lipinski definition) is 4. The molecule has 0 bridgehead atoms. The summed E-state index contributed by atoms with van der Waals surface area (Å²) in [7, 11) is 0. The molecule has 1 aliphatic heterocycles. The van der Waals surface area contributed by atoms with E-state index in [4.69, 9.17) is 4.74 Å². The van der Waals surface area contributed by atoms with Crippen LogP contribution in [-0.4, -0.2) is 29.1 Å². The molecule has 0 unspecified atom stereocenters. The molecule has 0 radical (unpaired) electrons. The fraction of sp³-hybridized carbons (Fsp3) is 0.500. The van der Waals surface area contributed by atoms with E-state index in [-0.39, 0.29) is 24.7 Å². The third-order valence-corrected chi connectivity index (χ3v) is 2.16. The van der Waals surface area contributed by atoms with Crippen molar-refractivity contribution in [2.24, 2.45) is 0 Å². The second-order valence-corrected chi connectivity index (χ2v) is 3.81. The molecule has 0 saturated heterocycles. The van der Waals surface area contributed by atoms with Gasteiger partial charge in [-0.15, -0.1) is 0 Å². The molecule has 0 amide bonds. The van der Waals surface area contributed by atoms with Gasteiger partial charge in [0.2, 0.25) is 0 Å². The van der Waals surface area contributed by atoms with Gasteiger partial charge in [0.25, 0.3) is 0 Å². The summed E-state index contributed by atoms with van der Waals surface area (Å²) in [5.74, 6) is -0.451. The lowest BCUT2D eigenvalue weighted by Crippen LogP contribution is -2.19. The van der Waals surface area contributed by atoms with Gasteiger partial charge in [-0.3, -0.25) is 9.59 Å². The topological polar surface area (TPSA) is 63.6 Å².